The van der Waals surface area contributed by atoms with E-state index in [0.717, 1.165) is 4.68 Å². The molecule has 0 bridgehead atoms. The fourth-order valence-corrected chi connectivity index (χ4v) is 1.69. The third kappa shape index (κ3) is 4.55. The Morgan fingerprint density at radius 1 is 1.53 bits per heavy atom. The maximum Gasteiger partial charge on any atom is 0.408 e. The Morgan fingerprint density at radius 3 is 2.63 bits per heavy atom. The number of nitrogens with zero attached hydrogens (tertiary/aromatic N) is 2. The molecule has 1 N–H and O–H groups in total. The summed E-state index contributed by atoms with van der Waals surface area (Å²) < 4.78 is 6.28. The second-order valence-electron chi connectivity index (χ2n) is 5.27. The minimum absolute atomic E-state index is 0.137. The highest BCUT2D eigenvalue weighted by atomic mass is 35.5. The number of aromatic nitrogens is 2. The van der Waals surface area contributed by atoms with Gasteiger partial charge in [0.05, 0.1) is 0 Å². The molecule has 1 aromatic rings. The van der Waals surface area contributed by atoms with Crippen molar-refractivity contribution in [2.45, 2.75) is 39.3 Å². The van der Waals surface area contributed by atoms with Crippen LogP contribution in [0.4, 0.5) is 4.79 Å². The number of carbonyl (C=O) groups is 1. The molecule has 7 heteroatoms. The first-order valence-electron chi connectivity index (χ1n) is 5.82. The third-order valence-corrected chi connectivity index (χ3v) is 2.57. The molecule has 0 spiro atoms. The smallest absolute Gasteiger partial charge is 0.408 e. The van der Waals surface area contributed by atoms with Gasteiger partial charge in [0.15, 0.2) is 5.15 Å². The van der Waals surface area contributed by atoms with Gasteiger partial charge in [0, 0.05) is 24.2 Å². The lowest BCUT2D eigenvalue weighted by molar-refractivity contribution is 0.0997. The van der Waals surface area contributed by atoms with Gasteiger partial charge in [-0.3, -0.25) is 4.79 Å². The number of alkyl carbamates (subject to hydrolysis) is 1. The van der Waals surface area contributed by atoms with E-state index in [0.29, 0.717) is 5.56 Å². The SMILES string of the molecule is CC(OC(=O)NC(C)(C)C)c1cc(=O)n(C)nc1Cl. The molecule has 1 atom stereocenters. The van der Waals surface area contributed by atoms with Gasteiger partial charge in [0.1, 0.15) is 6.10 Å². The molecular weight excluding hydrogens is 270 g/mol. The lowest BCUT2D eigenvalue weighted by Crippen LogP contribution is -2.41. The molecular formula is C12H18ClN3O3. The lowest BCUT2D eigenvalue weighted by atomic mass is 10.1. The molecule has 0 aliphatic rings. The fraction of sp³-hybridized carbons (Fsp3) is 0.583. The monoisotopic (exact) mass is 287 g/mol. The normalized spacial score (nSPS) is 12.9. The van der Waals surface area contributed by atoms with E-state index in [1.165, 1.54) is 13.1 Å². The minimum atomic E-state index is -0.656. The summed E-state index contributed by atoms with van der Waals surface area (Å²) in [6.07, 6.45) is -1.23. The van der Waals surface area contributed by atoms with Gasteiger partial charge >= 0.3 is 6.09 Å². The van der Waals surface area contributed by atoms with Crippen LogP contribution in [-0.4, -0.2) is 21.4 Å². The van der Waals surface area contributed by atoms with Crippen LogP contribution in [-0.2, 0) is 11.8 Å². The zero-order valence-corrected chi connectivity index (χ0v) is 12.4. The molecule has 0 saturated carbocycles. The van der Waals surface area contributed by atoms with Crippen molar-refractivity contribution in [1.29, 1.82) is 0 Å². The molecule has 0 saturated heterocycles. The maximum atomic E-state index is 11.6. The summed E-state index contributed by atoms with van der Waals surface area (Å²) in [7, 11) is 1.50. The topological polar surface area (TPSA) is 73.2 Å². The predicted octanol–water partition coefficient (Wildman–Crippen LogP) is 2.02. The number of aryl methyl sites for hydroxylation is 1. The third-order valence-electron chi connectivity index (χ3n) is 2.27. The van der Waals surface area contributed by atoms with E-state index in [9.17, 15) is 9.59 Å². The van der Waals surface area contributed by atoms with Crippen molar-refractivity contribution in [3.05, 3.63) is 27.1 Å². The summed E-state index contributed by atoms with van der Waals surface area (Å²) in [5, 5.41) is 6.63. The van der Waals surface area contributed by atoms with Crippen LogP contribution in [0.3, 0.4) is 0 Å². The van der Waals surface area contributed by atoms with Gasteiger partial charge in [-0.2, -0.15) is 5.10 Å². The molecule has 0 aromatic carbocycles. The van der Waals surface area contributed by atoms with E-state index < -0.39 is 17.7 Å². The summed E-state index contributed by atoms with van der Waals surface area (Å²) >= 11 is 5.93. The summed E-state index contributed by atoms with van der Waals surface area (Å²) in [5.41, 5.74) is -0.328. The molecule has 1 amide bonds. The van der Waals surface area contributed by atoms with Crippen LogP contribution in [0.2, 0.25) is 5.15 Å². The predicted molar refractivity (Wildman–Crippen MR) is 72.3 cm³/mol. The Morgan fingerprint density at radius 2 is 2.11 bits per heavy atom. The van der Waals surface area contributed by atoms with E-state index in [-0.39, 0.29) is 10.7 Å². The molecule has 1 heterocycles. The average molecular weight is 288 g/mol. The van der Waals surface area contributed by atoms with Gasteiger partial charge < -0.3 is 10.1 Å². The number of hydrogen-bond donors (Lipinski definition) is 1. The first-order valence-corrected chi connectivity index (χ1v) is 6.20. The van der Waals surface area contributed by atoms with E-state index in [1.54, 1.807) is 6.92 Å². The van der Waals surface area contributed by atoms with Gasteiger partial charge in [-0.1, -0.05) is 11.6 Å². The zero-order valence-electron chi connectivity index (χ0n) is 11.7. The number of hydrogen-bond acceptors (Lipinski definition) is 4. The van der Waals surface area contributed by atoms with Crippen LogP contribution >= 0.6 is 11.6 Å². The van der Waals surface area contributed by atoms with Crippen LogP contribution in [0, 0.1) is 0 Å². The van der Waals surface area contributed by atoms with E-state index >= 15 is 0 Å². The summed E-state index contributed by atoms with van der Waals surface area (Å²) in [6.45, 7) is 7.15. The number of rotatable bonds is 2. The van der Waals surface area contributed by atoms with E-state index in [2.05, 4.69) is 10.4 Å². The summed E-state index contributed by atoms with van der Waals surface area (Å²) in [5.74, 6) is 0. The average Bonchev–Trinajstić information content (AvgIpc) is 2.20. The second kappa shape index (κ2) is 5.61. The van der Waals surface area contributed by atoms with Gasteiger partial charge in [0.25, 0.3) is 5.56 Å². The number of amides is 1. The van der Waals surface area contributed by atoms with E-state index in [1.807, 2.05) is 20.8 Å². The standard InChI is InChI=1S/C12H18ClN3O3/c1-7(19-11(18)14-12(2,3)4)8-6-9(17)16(5)15-10(8)13/h6-7H,1-5H3,(H,14,18). The van der Waals surface area contributed by atoms with Gasteiger partial charge in [-0.15, -0.1) is 0 Å². The largest absolute Gasteiger partial charge is 0.442 e. The number of halogens is 1. The molecule has 1 unspecified atom stereocenters. The number of nitrogens with one attached hydrogen (secondary N) is 1. The molecule has 0 fully saturated rings. The highest BCUT2D eigenvalue weighted by molar-refractivity contribution is 6.30. The molecule has 0 aliphatic carbocycles. The van der Waals surface area contributed by atoms with Crippen molar-refractivity contribution in [2.75, 3.05) is 0 Å². The number of carbonyl (C=O) groups excluding carboxylic acids is 1. The Bertz CT molecular complexity index is 534. The first kappa shape index (κ1) is 15.5. The molecule has 106 valence electrons. The molecule has 0 aliphatic heterocycles. The fourth-order valence-electron chi connectivity index (χ4n) is 1.37. The molecule has 0 radical (unpaired) electrons. The van der Waals surface area contributed by atoms with Crippen molar-refractivity contribution < 1.29 is 9.53 Å². The highest BCUT2D eigenvalue weighted by Gasteiger charge is 2.20. The second-order valence-corrected chi connectivity index (χ2v) is 5.63. The Hall–Kier alpha value is -1.56. The highest BCUT2D eigenvalue weighted by Crippen LogP contribution is 2.22. The Kier molecular flexibility index (Phi) is 4.57. The van der Waals surface area contributed by atoms with Gasteiger partial charge in [-0.05, 0) is 27.7 Å². The molecule has 1 aromatic heterocycles. The van der Waals surface area contributed by atoms with Crippen LogP contribution in [0.25, 0.3) is 0 Å². The molecule has 6 nitrogen and oxygen atoms in total. The van der Waals surface area contributed by atoms with Crippen LogP contribution in [0.5, 0.6) is 0 Å². The minimum Gasteiger partial charge on any atom is -0.442 e. The molecule has 19 heavy (non-hydrogen) atoms. The lowest BCUT2D eigenvalue weighted by Gasteiger charge is -2.22. The van der Waals surface area contributed by atoms with Crippen molar-refractivity contribution >= 4 is 17.7 Å². The van der Waals surface area contributed by atoms with Crippen molar-refractivity contribution in [1.82, 2.24) is 15.1 Å². The first-order chi connectivity index (χ1) is 8.60. The van der Waals surface area contributed by atoms with Crippen LogP contribution in [0.15, 0.2) is 10.9 Å². The van der Waals surface area contributed by atoms with Crippen LogP contribution in [0.1, 0.15) is 39.4 Å². The van der Waals surface area contributed by atoms with E-state index in [4.69, 9.17) is 16.3 Å². The molecule has 1 rings (SSSR count). The Balaban J connectivity index is 2.84. The van der Waals surface area contributed by atoms with Crippen LogP contribution < -0.4 is 10.9 Å². The zero-order chi connectivity index (χ0) is 14.8. The van der Waals surface area contributed by atoms with Gasteiger partial charge in [-0.25, -0.2) is 9.48 Å². The Labute approximate surface area is 116 Å². The van der Waals surface area contributed by atoms with Crippen molar-refractivity contribution in [3.63, 3.8) is 0 Å². The van der Waals surface area contributed by atoms with Crippen molar-refractivity contribution in [2.24, 2.45) is 7.05 Å². The number of ether oxygens (including phenoxy) is 1. The van der Waals surface area contributed by atoms with Crippen molar-refractivity contribution in [3.8, 4) is 0 Å². The summed E-state index contributed by atoms with van der Waals surface area (Å²) in [6, 6.07) is 1.31. The summed E-state index contributed by atoms with van der Waals surface area (Å²) in [4.78, 5) is 23.1. The quantitative estimate of drug-likeness (QED) is 0.903. The van der Waals surface area contributed by atoms with Gasteiger partial charge in [0.2, 0.25) is 0 Å². The maximum absolute atomic E-state index is 11.6.